The zero-order valence-corrected chi connectivity index (χ0v) is 11.6. The zero-order chi connectivity index (χ0) is 11.3. The van der Waals surface area contributed by atoms with Crippen LogP contribution in [-0.4, -0.2) is 27.3 Å². The Labute approximate surface area is 106 Å². The second kappa shape index (κ2) is 5.87. The molecule has 15 heavy (non-hydrogen) atoms. The van der Waals surface area contributed by atoms with Crippen LogP contribution >= 0.6 is 22.6 Å². The molecule has 1 aliphatic heterocycles. The van der Waals surface area contributed by atoms with Gasteiger partial charge in [0.25, 0.3) is 0 Å². The SMILES string of the molecule is C=CC(=O)N1CCCCCC(C)(I)CC1. The molecule has 1 fully saturated rings. The molecule has 0 bridgehead atoms. The molecule has 2 nitrogen and oxygen atoms in total. The molecule has 0 aromatic rings. The van der Waals surface area contributed by atoms with Gasteiger partial charge in [-0.05, 0) is 25.3 Å². The highest BCUT2D eigenvalue weighted by atomic mass is 127. The third-order valence-electron chi connectivity index (χ3n) is 3.02. The lowest BCUT2D eigenvalue weighted by Crippen LogP contribution is -2.33. The van der Waals surface area contributed by atoms with Crippen LogP contribution in [0.25, 0.3) is 0 Å². The van der Waals surface area contributed by atoms with Crippen molar-refractivity contribution in [3.05, 3.63) is 12.7 Å². The Hall–Kier alpha value is -0.0600. The minimum Gasteiger partial charge on any atom is -0.339 e. The maximum absolute atomic E-state index is 11.6. The van der Waals surface area contributed by atoms with E-state index in [0.29, 0.717) is 3.42 Å². The van der Waals surface area contributed by atoms with E-state index >= 15 is 0 Å². The molecular formula is C12H20INO. The van der Waals surface area contributed by atoms with Crippen LogP contribution < -0.4 is 0 Å². The zero-order valence-electron chi connectivity index (χ0n) is 9.47. The number of rotatable bonds is 1. The van der Waals surface area contributed by atoms with Gasteiger partial charge in [0.2, 0.25) is 5.91 Å². The average Bonchev–Trinajstić information content (AvgIpc) is 2.27. The second-order valence-corrected chi connectivity index (χ2v) is 7.11. The monoisotopic (exact) mass is 321 g/mol. The highest BCUT2D eigenvalue weighted by Gasteiger charge is 2.23. The Morgan fingerprint density at radius 3 is 2.73 bits per heavy atom. The number of amides is 1. The van der Waals surface area contributed by atoms with Gasteiger partial charge in [0, 0.05) is 16.5 Å². The topological polar surface area (TPSA) is 20.3 Å². The number of hydrogen-bond donors (Lipinski definition) is 0. The van der Waals surface area contributed by atoms with Gasteiger partial charge in [0.05, 0.1) is 0 Å². The van der Waals surface area contributed by atoms with Crippen molar-refractivity contribution in [1.82, 2.24) is 4.90 Å². The van der Waals surface area contributed by atoms with E-state index in [2.05, 4.69) is 36.1 Å². The summed E-state index contributed by atoms with van der Waals surface area (Å²) < 4.78 is 0.349. The number of halogens is 1. The molecule has 1 amide bonds. The summed E-state index contributed by atoms with van der Waals surface area (Å²) in [6, 6.07) is 0. The van der Waals surface area contributed by atoms with E-state index in [0.717, 1.165) is 25.9 Å². The molecule has 1 unspecified atom stereocenters. The largest absolute Gasteiger partial charge is 0.339 e. The first-order chi connectivity index (χ1) is 7.05. The molecule has 0 aliphatic carbocycles. The third-order valence-corrected chi connectivity index (χ3v) is 4.09. The smallest absolute Gasteiger partial charge is 0.245 e. The van der Waals surface area contributed by atoms with Crippen LogP contribution in [0.3, 0.4) is 0 Å². The van der Waals surface area contributed by atoms with Crippen molar-refractivity contribution < 1.29 is 4.79 Å². The van der Waals surface area contributed by atoms with Crippen molar-refractivity contribution in [1.29, 1.82) is 0 Å². The summed E-state index contributed by atoms with van der Waals surface area (Å²) >= 11 is 2.53. The van der Waals surface area contributed by atoms with E-state index in [9.17, 15) is 4.79 Å². The summed E-state index contributed by atoms with van der Waals surface area (Å²) in [6.07, 6.45) is 7.45. The Morgan fingerprint density at radius 1 is 1.33 bits per heavy atom. The number of carbonyl (C=O) groups is 1. The molecule has 1 heterocycles. The molecule has 0 N–H and O–H groups in total. The summed E-state index contributed by atoms with van der Waals surface area (Å²) in [6.45, 7) is 7.62. The van der Waals surface area contributed by atoms with Gasteiger partial charge in [-0.1, -0.05) is 48.9 Å². The Morgan fingerprint density at radius 2 is 2.07 bits per heavy atom. The highest BCUT2D eigenvalue weighted by molar-refractivity contribution is 14.1. The normalized spacial score (nSPS) is 28.8. The number of carbonyl (C=O) groups excluding carboxylic acids is 1. The van der Waals surface area contributed by atoms with Gasteiger partial charge >= 0.3 is 0 Å². The predicted octanol–water partition coefficient (Wildman–Crippen LogP) is 3.16. The van der Waals surface area contributed by atoms with Crippen molar-refractivity contribution >= 4 is 28.5 Å². The molecule has 1 atom stereocenters. The number of nitrogens with zero attached hydrogens (tertiary/aromatic N) is 1. The molecule has 0 spiro atoms. The summed E-state index contributed by atoms with van der Waals surface area (Å²) in [4.78, 5) is 13.5. The van der Waals surface area contributed by atoms with E-state index in [4.69, 9.17) is 0 Å². The maximum atomic E-state index is 11.6. The molecular weight excluding hydrogens is 301 g/mol. The minimum atomic E-state index is 0.0871. The Balaban J connectivity index is 2.59. The van der Waals surface area contributed by atoms with Gasteiger partial charge in [0.15, 0.2) is 0 Å². The average molecular weight is 321 g/mol. The maximum Gasteiger partial charge on any atom is 0.245 e. The second-order valence-electron chi connectivity index (χ2n) is 4.50. The van der Waals surface area contributed by atoms with Crippen LogP contribution in [0, 0.1) is 0 Å². The molecule has 3 heteroatoms. The van der Waals surface area contributed by atoms with Gasteiger partial charge in [0.1, 0.15) is 0 Å². The highest BCUT2D eigenvalue weighted by Crippen LogP contribution is 2.30. The molecule has 0 aromatic carbocycles. The molecule has 0 radical (unpaired) electrons. The quantitative estimate of drug-likeness (QED) is 0.413. The minimum absolute atomic E-state index is 0.0871. The molecule has 86 valence electrons. The first-order valence-electron chi connectivity index (χ1n) is 5.65. The summed E-state index contributed by atoms with van der Waals surface area (Å²) in [7, 11) is 0. The molecule has 1 saturated heterocycles. The lowest BCUT2D eigenvalue weighted by atomic mass is 10.0. The van der Waals surface area contributed by atoms with E-state index in [1.807, 2.05) is 4.90 Å². The van der Waals surface area contributed by atoms with Crippen molar-refractivity contribution in [2.24, 2.45) is 0 Å². The molecule has 1 aliphatic rings. The van der Waals surface area contributed by atoms with Gasteiger partial charge in [-0.25, -0.2) is 0 Å². The van der Waals surface area contributed by atoms with Crippen LogP contribution in [0.4, 0.5) is 0 Å². The Kier molecular flexibility index (Phi) is 5.09. The van der Waals surface area contributed by atoms with E-state index in [1.165, 1.54) is 25.3 Å². The van der Waals surface area contributed by atoms with Crippen LogP contribution in [0.1, 0.15) is 39.0 Å². The first kappa shape index (κ1) is 13.0. The third kappa shape index (κ3) is 4.53. The number of alkyl halides is 1. The lowest BCUT2D eigenvalue weighted by Gasteiger charge is -2.25. The van der Waals surface area contributed by atoms with Crippen LogP contribution in [0.15, 0.2) is 12.7 Å². The molecule has 1 rings (SSSR count). The predicted molar refractivity (Wildman–Crippen MR) is 72.3 cm³/mol. The number of hydrogen-bond acceptors (Lipinski definition) is 1. The van der Waals surface area contributed by atoms with Crippen molar-refractivity contribution in [2.45, 2.75) is 42.4 Å². The van der Waals surface area contributed by atoms with E-state index in [-0.39, 0.29) is 5.91 Å². The molecule has 0 aromatic heterocycles. The van der Waals surface area contributed by atoms with Crippen molar-refractivity contribution in [3.63, 3.8) is 0 Å². The first-order valence-corrected chi connectivity index (χ1v) is 6.73. The van der Waals surface area contributed by atoms with E-state index in [1.54, 1.807) is 0 Å². The van der Waals surface area contributed by atoms with Gasteiger partial charge in [-0.3, -0.25) is 4.79 Å². The van der Waals surface area contributed by atoms with Crippen LogP contribution in [-0.2, 0) is 4.79 Å². The lowest BCUT2D eigenvalue weighted by molar-refractivity contribution is -0.126. The summed E-state index contributed by atoms with van der Waals surface area (Å²) in [5.41, 5.74) is 0. The van der Waals surface area contributed by atoms with Gasteiger partial charge in [-0.15, -0.1) is 0 Å². The Bertz CT molecular complexity index is 238. The summed E-state index contributed by atoms with van der Waals surface area (Å²) in [5.74, 6) is 0.0871. The van der Waals surface area contributed by atoms with Gasteiger partial charge < -0.3 is 4.90 Å². The van der Waals surface area contributed by atoms with Gasteiger partial charge in [-0.2, -0.15) is 0 Å². The fourth-order valence-electron chi connectivity index (χ4n) is 1.93. The van der Waals surface area contributed by atoms with Crippen LogP contribution in [0.5, 0.6) is 0 Å². The van der Waals surface area contributed by atoms with Crippen molar-refractivity contribution in [3.8, 4) is 0 Å². The molecule has 0 saturated carbocycles. The van der Waals surface area contributed by atoms with E-state index < -0.39 is 0 Å². The van der Waals surface area contributed by atoms with Crippen LogP contribution in [0.2, 0.25) is 0 Å². The fraction of sp³-hybridized carbons (Fsp3) is 0.750. The van der Waals surface area contributed by atoms with Crippen molar-refractivity contribution in [2.75, 3.05) is 13.1 Å². The fourth-order valence-corrected chi connectivity index (χ4v) is 2.55. The summed E-state index contributed by atoms with van der Waals surface area (Å²) in [5, 5.41) is 0. The standard InChI is InChI=1S/C12H20INO/c1-3-11(15)14-9-6-4-5-7-12(2,13)8-10-14/h3H,1,4-10H2,2H3.